The molecule has 7 heteroatoms. The summed E-state index contributed by atoms with van der Waals surface area (Å²) in [6.07, 6.45) is 5.32. The van der Waals surface area contributed by atoms with E-state index in [1.807, 2.05) is 7.05 Å². The highest BCUT2D eigenvalue weighted by Gasteiger charge is 2.30. The van der Waals surface area contributed by atoms with Crippen LogP contribution in [0, 0.1) is 5.92 Å². The Hall–Kier alpha value is -3.48. The Kier molecular flexibility index (Phi) is 4.16. The maximum Gasteiger partial charge on any atom is 0.227 e. The van der Waals surface area contributed by atoms with Crippen LogP contribution >= 0.6 is 0 Å². The molecule has 146 valence electrons. The maximum atomic E-state index is 5.95. The summed E-state index contributed by atoms with van der Waals surface area (Å²) in [6, 6.07) is 15.2. The molecule has 2 aromatic carbocycles. The van der Waals surface area contributed by atoms with E-state index in [4.69, 9.17) is 11.5 Å². The number of hydrogen-bond acceptors (Lipinski definition) is 7. The van der Waals surface area contributed by atoms with Crippen LogP contribution in [0.2, 0.25) is 0 Å². The van der Waals surface area contributed by atoms with Crippen molar-refractivity contribution >= 4 is 39.5 Å². The lowest BCUT2D eigenvalue weighted by atomic mass is 9.94. The molecule has 1 aliphatic rings. The Bertz CT molecular complexity index is 1200. The first-order valence-corrected chi connectivity index (χ1v) is 9.86. The second-order valence-corrected chi connectivity index (χ2v) is 7.75. The number of aromatic nitrogens is 4. The van der Waals surface area contributed by atoms with E-state index >= 15 is 0 Å². The Morgan fingerprint density at radius 3 is 2.62 bits per heavy atom. The summed E-state index contributed by atoms with van der Waals surface area (Å²) in [7, 11) is 2.05. The van der Waals surface area contributed by atoms with Crippen molar-refractivity contribution in [1.29, 1.82) is 0 Å². The van der Waals surface area contributed by atoms with E-state index in [1.165, 1.54) is 29.2 Å². The van der Waals surface area contributed by atoms with Crippen molar-refractivity contribution in [2.24, 2.45) is 5.92 Å². The van der Waals surface area contributed by atoms with Crippen molar-refractivity contribution in [3.63, 3.8) is 0 Å². The summed E-state index contributed by atoms with van der Waals surface area (Å²) in [5.74, 6) is 1.76. The van der Waals surface area contributed by atoms with Crippen LogP contribution in [0.1, 0.15) is 30.9 Å². The highest BCUT2D eigenvalue weighted by atomic mass is 15.3. The Labute approximate surface area is 168 Å². The normalized spacial score (nSPS) is 14.9. The van der Waals surface area contributed by atoms with Gasteiger partial charge in [-0.2, -0.15) is 15.0 Å². The molecule has 1 saturated carbocycles. The van der Waals surface area contributed by atoms with Gasteiger partial charge in [0, 0.05) is 13.2 Å². The smallest absolute Gasteiger partial charge is 0.227 e. The van der Waals surface area contributed by atoms with Crippen LogP contribution in [0.15, 0.2) is 48.7 Å². The van der Waals surface area contributed by atoms with Gasteiger partial charge in [0.1, 0.15) is 5.82 Å². The highest BCUT2D eigenvalue weighted by Crippen LogP contribution is 2.42. The molecule has 2 heterocycles. The lowest BCUT2D eigenvalue weighted by Gasteiger charge is -2.30. The van der Waals surface area contributed by atoms with Gasteiger partial charge in [-0.25, -0.2) is 4.98 Å². The van der Waals surface area contributed by atoms with Crippen molar-refractivity contribution in [2.45, 2.75) is 25.3 Å². The molecule has 0 aliphatic heterocycles. The third kappa shape index (κ3) is 3.29. The van der Waals surface area contributed by atoms with Crippen molar-refractivity contribution in [1.82, 2.24) is 19.9 Å². The van der Waals surface area contributed by atoms with Crippen LogP contribution in [-0.4, -0.2) is 27.0 Å². The molecule has 29 heavy (non-hydrogen) atoms. The van der Waals surface area contributed by atoms with Crippen LogP contribution in [0.5, 0.6) is 0 Å². The second-order valence-electron chi connectivity index (χ2n) is 7.75. The number of fused-ring (bicyclic) bond motifs is 2. The Balaban J connectivity index is 1.60. The molecule has 0 spiro atoms. The van der Waals surface area contributed by atoms with Crippen molar-refractivity contribution < 1.29 is 0 Å². The van der Waals surface area contributed by atoms with Gasteiger partial charge in [-0.3, -0.25) is 0 Å². The highest BCUT2D eigenvalue weighted by molar-refractivity contribution is 5.87. The van der Waals surface area contributed by atoms with Gasteiger partial charge < -0.3 is 16.4 Å². The first kappa shape index (κ1) is 17.6. The van der Waals surface area contributed by atoms with Gasteiger partial charge in [0.15, 0.2) is 5.65 Å². The first-order chi connectivity index (χ1) is 14.1. The molecule has 0 saturated heterocycles. The molecule has 7 nitrogen and oxygen atoms in total. The minimum absolute atomic E-state index is 0.117. The lowest BCUT2D eigenvalue weighted by Crippen LogP contribution is -2.27. The quantitative estimate of drug-likeness (QED) is 0.539. The molecule has 1 atom stereocenters. The molecular weight excluding hydrogens is 362 g/mol. The first-order valence-electron chi connectivity index (χ1n) is 9.86. The molecule has 1 fully saturated rings. The van der Waals surface area contributed by atoms with E-state index in [0.29, 0.717) is 22.8 Å². The van der Waals surface area contributed by atoms with Crippen molar-refractivity contribution in [3.8, 4) is 0 Å². The van der Waals surface area contributed by atoms with Crippen LogP contribution in [0.4, 0.5) is 17.7 Å². The predicted octanol–water partition coefficient (Wildman–Crippen LogP) is 3.72. The SMILES string of the molecule is CN(c1ncc2c(N)nc(N)nc2n1)C(CC1CC1)c1cccc2ccccc12. The lowest BCUT2D eigenvalue weighted by molar-refractivity contribution is 0.563. The van der Waals surface area contributed by atoms with E-state index in [1.54, 1.807) is 6.20 Å². The number of hydrogen-bond donors (Lipinski definition) is 2. The fraction of sp³-hybridized carbons (Fsp3) is 0.273. The van der Waals surface area contributed by atoms with E-state index < -0.39 is 0 Å². The van der Waals surface area contributed by atoms with Crippen LogP contribution in [0.25, 0.3) is 21.8 Å². The molecule has 0 radical (unpaired) electrons. The zero-order valence-electron chi connectivity index (χ0n) is 16.3. The largest absolute Gasteiger partial charge is 0.383 e. The topological polar surface area (TPSA) is 107 Å². The summed E-state index contributed by atoms with van der Waals surface area (Å²) >= 11 is 0. The third-order valence-electron chi connectivity index (χ3n) is 5.71. The summed E-state index contributed by atoms with van der Waals surface area (Å²) in [5, 5.41) is 3.12. The standard InChI is InChI=1S/C22H23N7/c1-29(22-25-12-17-19(23)26-21(24)27-20(17)28-22)18(11-13-9-10-13)16-8-4-6-14-5-2-3-7-15(14)16/h2-8,12-13,18H,9-11H2,1H3,(H4,23,24,25,26,27,28). The molecule has 4 N–H and O–H groups in total. The number of rotatable bonds is 5. The fourth-order valence-corrected chi connectivity index (χ4v) is 3.96. The summed E-state index contributed by atoms with van der Waals surface area (Å²) < 4.78 is 0. The number of nitrogens with zero attached hydrogens (tertiary/aromatic N) is 5. The zero-order valence-corrected chi connectivity index (χ0v) is 16.3. The molecule has 2 aromatic heterocycles. The molecular formula is C22H23N7. The Morgan fingerprint density at radius 1 is 1.00 bits per heavy atom. The molecule has 5 rings (SSSR count). The van der Waals surface area contributed by atoms with Crippen LogP contribution in [0.3, 0.4) is 0 Å². The Morgan fingerprint density at radius 2 is 1.79 bits per heavy atom. The monoisotopic (exact) mass is 385 g/mol. The molecule has 1 aliphatic carbocycles. The average molecular weight is 385 g/mol. The number of anilines is 3. The van der Waals surface area contributed by atoms with Crippen LogP contribution in [-0.2, 0) is 0 Å². The number of benzene rings is 2. The van der Waals surface area contributed by atoms with Gasteiger partial charge in [0.05, 0.1) is 11.4 Å². The van der Waals surface area contributed by atoms with Crippen molar-refractivity contribution in [2.75, 3.05) is 23.4 Å². The summed E-state index contributed by atoms with van der Waals surface area (Å²) in [4.78, 5) is 19.6. The molecule has 0 amide bonds. The minimum Gasteiger partial charge on any atom is -0.383 e. The van der Waals surface area contributed by atoms with Gasteiger partial charge in [-0.05, 0) is 28.7 Å². The van der Waals surface area contributed by atoms with E-state index in [0.717, 1.165) is 12.3 Å². The van der Waals surface area contributed by atoms with Crippen LogP contribution < -0.4 is 16.4 Å². The van der Waals surface area contributed by atoms with Crippen molar-refractivity contribution in [3.05, 3.63) is 54.2 Å². The van der Waals surface area contributed by atoms with E-state index in [-0.39, 0.29) is 12.0 Å². The van der Waals surface area contributed by atoms with E-state index in [9.17, 15) is 0 Å². The van der Waals surface area contributed by atoms with Gasteiger partial charge in [-0.15, -0.1) is 0 Å². The molecule has 4 aromatic rings. The second kappa shape index (κ2) is 6.84. The number of nitrogen functional groups attached to an aromatic ring is 2. The predicted molar refractivity (Wildman–Crippen MR) is 116 cm³/mol. The van der Waals surface area contributed by atoms with Gasteiger partial charge in [0.25, 0.3) is 0 Å². The van der Waals surface area contributed by atoms with Gasteiger partial charge in [-0.1, -0.05) is 55.3 Å². The third-order valence-corrected chi connectivity index (χ3v) is 5.71. The van der Waals surface area contributed by atoms with E-state index in [2.05, 4.69) is 67.3 Å². The average Bonchev–Trinajstić information content (AvgIpc) is 3.55. The maximum absolute atomic E-state index is 5.95. The zero-order chi connectivity index (χ0) is 20.0. The van der Waals surface area contributed by atoms with Gasteiger partial charge in [0.2, 0.25) is 11.9 Å². The number of nitrogens with two attached hydrogens (primary N) is 2. The summed E-state index contributed by atoms with van der Waals surface area (Å²) in [5.41, 5.74) is 13.5. The minimum atomic E-state index is 0.117. The molecule has 0 bridgehead atoms. The van der Waals surface area contributed by atoms with Gasteiger partial charge >= 0.3 is 0 Å². The summed E-state index contributed by atoms with van der Waals surface area (Å²) in [6.45, 7) is 0. The molecule has 1 unspecified atom stereocenters. The fourth-order valence-electron chi connectivity index (χ4n) is 3.96.